The Labute approximate surface area is 114 Å². The topological polar surface area (TPSA) is 38.1 Å². The second-order valence-corrected chi connectivity index (χ2v) is 5.24. The van der Waals surface area contributed by atoms with Crippen LogP contribution < -0.4 is 0 Å². The normalized spacial score (nSPS) is 12.7. The predicted molar refractivity (Wildman–Crippen MR) is 77.1 cm³/mol. The summed E-state index contributed by atoms with van der Waals surface area (Å²) >= 11 is 0. The van der Waals surface area contributed by atoms with Crippen LogP contribution in [0.25, 0.3) is 0 Å². The van der Waals surface area contributed by atoms with Gasteiger partial charge in [-0.3, -0.25) is 4.68 Å². The van der Waals surface area contributed by atoms with Crippen LogP contribution in [-0.4, -0.2) is 14.9 Å². The van der Waals surface area contributed by atoms with Crippen LogP contribution in [0.1, 0.15) is 40.6 Å². The van der Waals surface area contributed by atoms with E-state index in [0.717, 1.165) is 24.1 Å². The highest BCUT2D eigenvalue weighted by atomic mass is 16.3. The summed E-state index contributed by atoms with van der Waals surface area (Å²) in [5.41, 5.74) is 5.72. The van der Waals surface area contributed by atoms with Gasteiger partial charge in [-0.15, -0.1) is 0 Å². The Balaban J connectivity index is 2.04. The molecule has 0 bridgehead atoms. The smallest absolute Gasteiger partial charge is 0.0793 e. The first-order valence-corrected chi connectivity index (χ1v) is 6.72. The summed E-state index contributed by atoms with van der Waals surface area (Å²) in [5.74, 6) is 0. The molecule has 1 N–H and O–H groups in total. The molecule has 1 heterocycles. The highest BCUT2D eigenvalue weighted by Crippen LogP contribution is 2.22. The molecule has 0 amide bonds. The number of hydrogen-bond acceptors (Lipinski definition) is 2. The molecule has 1 atom stereocenters. The second kappa shape index (κ2) is 5.57. The van der Waals surface area contributed by atoms with E-state index < -0.39 is 6.10 Å². The van der Waals surface area contributed by atoms with E-state index in [1.165, 1.54) is 16.8 Å². The van der Waals surface area contributed by atoms with Gasteiger partial charge < -0.3 is 5.11 Å². The molecule has 0 radical (unpaired) electrons. The van der Waals surface area contributed by atoms with Gasteiger partial charge in [0.15, 0.2) is 0 Å². The minimum absolute atomic E-state index is 0.403. The summed E-state index contributed by atoms with van der Waals surface area (Å²) in [6, 6.07) is 8.09. The third-order valence-electron chi connectivity index (χ3n) is 3.79. The molecular weight excluding hydrogens is 236 g/mol. The Morgan fingerprint density at radius 1 is 1.16 bits per heavy atom. The maximum absolute atomic E-state index is 10.2. The molecule has 2 aromatic rings. The Morgan fingerprint density at radius 3 is 2.32 bits per heavy atom. The molecule has 19 heavy (non-hydrogen) atoms. The van der Waals surface area contributed by atoms with Gasteiger partial charge in [0.2, 0.25) is 0 Å². The van der Waals surface area contributed by atoms with E-state index in [1.54, 1.807) is 0 Å². The molecule has 3 nitrogen and oxygen atoms in total. The molecule has 1 aromatic carbocycles. The lowest BCUT2D eigenvalue weighted by atomic mass is 10.00. The molecule has 0 aliphatic rings. The molecule has 102 valence electrons. The van der Waals surface area contributed by atoms with E-state index >= 15 is 0 Å². The van der Waals surface area contributed by atoms with Crippen LogP contribution in [0.2, 0.25) is 0 Å². The number of aliphatic hydroxyl groups is 1. The van der Waals surface area contributed by atoms with Crippen LogP contribution >= 0.6 is 0 Å². The largest absolute Gasteiger partial charge is 0.388 e. The van der Waals surface area contributed by atoms with Crippen molar-refractivity contribution in [3.63, 3.8) is 0 Å². The number of nitrogens with zero attached hydrogens (tertiary/aromatic N) is 2. The third kappa shape index (κ3) is 3.04. The SMILES string of the molecule is Cc1ccc(C(O)CCc2c(C)nn(C)c2C)cc1. The van der Waals surface area contributed by atoms with Gasteiger partial charge >= 0.3 is 0 Å². The van der Waals surface area contributed by atoms with Crippen LogP contribution in [-0.2, 0) is 13.5 Å². The summed E-state index contributed by atoms with van der Waals surface area (Å²) in [4.78, 5) is 0. The molecular formula is C16H22N2O. The standard InChI is InChI=1S/C16H22N2O/c1-11-5-7-14(8-6-11)16(19)10-9-15-12(2)17-18(4)13(15)3/h5-8,16,19H,9-10H2,1-4H3. The number of hydrogen-bond donors (Lipinski definition) is 1. The minimum atomic E-state index is -0.403. The lowest BCUT2D eigenvalue weighted by Gasteiger charge is -2.11. The van der Waals surface area contributed by atoms with Crippen LogP contribution in [0.3, 0.4) is 0 Å². The van der Waals surface area contributed by atoms with Crippen molar-refractivity contribution in [3.8, 4) is 0 Å². The van der Waals surface area contributed by atoms with Gasteiger partial charge in [-0.05, 0) is 44.7 Å². The summed E-state index contributed by atoms with van der Waals surface area (Å²) in [6.45, 7) is 6.16. The van der Waals surface area contributed by atoms with E-state index in [-0.39, 0.29) is 0 Å². The Morgan fingerprint density at radius 2 is 1.79 bits per heavy atom. The first kappa shape index (κ1) is 13.8. The lowest BCUT2D eigenvalue weighted by molar-refractivity contribution is 0.167. The first-order valence-electron chi connectivity index (χ1n) is 6.72. The molecule has 1 aromatic heterocycles. The fourth-order valence-corrected chi connectivity index (χ4v) is 2.42. The zero-order valence-electron chi connectivity index (χ0n) is 12.1. The second-order valence-electron chi connectivity index (χ2n) is 5.24. The fraction of sp³-hybridized carbons (Fsp3) is 0.438. The van der Waals surface area contributed by atoms with Crippen LogP contribution in [0, 0.1) is 20.8 Å². The average Bonchev–Trinajstić information content (AvgIpc) is 2.62. The van der Waals surface area contributed by atoms with Gasteiger partial charge in [-0.25, -0.2) is 0 Å². The Hall–Kier alpha value is -1.61. The number of rotatable bonds is 4. The number of aryl methyl sites for hydroxylation is 3. The van der Waals surface area contributed by atoms with Crippen molar-refractivity contribution in [2.24, 2.45) is 7.05 Å². The summed E-state index contributed by atoms with van der Waals surface area (Å²) in [7, 11) is 1.96. The van der Waals surface area contributed by atoms with Crippen molar-refractivity contribution in [1.29, 1.82) is 0 Å². The molecule has 0 saturated carbocycles. The maximum Gasteiger partial charge on any atom is 0.0793 e. The molecule has 0 saturated heterocycles. The zero-order chi connectivity index (χ0) is 14.0. The quantitative estimate of drug-likeness (QED) is 0.915. The Bertz CT molecular complexity index is 555. The molecule has 0 fully saturated rings. The van der Waals surface area contributed by atoms with E-state index in [1.807, 2.05) is 42.9 Å². The summed E-state index contributed by atoms with van der Waals surface area (Å²) in [6.07, 6.45) is 1.19. The van der Waals surface area contributed by atoms with Crippen LogP contribution in [0.4, 0.5) is 0 Å². The summed E-state index contributed by atoms with van der Waals surface area (Å²) in [5, 5.41) is 14.6. The zero-order valence-corrected chi connectivity index (χ0v) is 12.1. The van der Waals surface area contributed by atoms with Crippen molar-refractivity contribution in [2.45, 2.75) is 39.7 Å². The third-order valence-corrected chi connectivity index (χ3v) is 3.79. The molecule has 3 heteroatoms. The maximum atomic E-state index is 10.2. The number of benzene rings is 1. The van der Waals surface area contributed by atoms with Gasteiger partial charge in [-0.1, -0.05) is 29.8 Å². The fourth-order valence-electron chi connectivity index (χ4n) is 2.42. The molecule has 0 spiro atoms. The van der Waals surface area contributed by atoms with Crippen LogP contribution in [0.15, 0.2) is 24.3 Å². The van der Waals surface area contributed by atoms with Crippen molar-refractivity contribution < 1.29 is 5.11 Å². The molecule has 2 rings (SSSR count). The van der Waals surface area contributed by atoms with E-state index in [9.17, 15) is 5.11 Å². The van der Waals surface area contributed by atoms with E-state index in [0.29, 0.717) is 0 Å². The first-order chi connectivity index (χ1) is 8.99. The molecule has 0 aliphatic heterocycles. The predicted octanol–water partition coefficient (Wildman–Crippen LogP) is 3.01. The molecule has 1 unspecified atom stereocenters. The van der Waals surface area contributed by atoms with Crippen molar-refractivity contribution in [3.05, 3.63) is 52.3 Å². The van der Waals surface area contributed by atoms with E-state index in [2.05, 4.69) is 18.9 Å². The van der Waals surface area contributed by atoms with Gasteiger partial charge in [0.25, 0.3) is 0 Å². The van der Waals surface area contributed by atoms with E-state index in [4.69, 9.17) is 0 Å². The van der Waals surface area contributed by atoms with Gasteiger partial charge in [0.1, 0.15) is 0 Å². The van der Waals surface area contributed by atoms with Crippen molar-refractivity contribution >= 4 is 0 Å². The van der Waals surface area contributed by atoms with Gasteiger partial charge in [0.05, 0.1) is 11.8 Å². The lowest BCUT2D eigenvalue weighted by Crippen LogP contribution is -2.01. The van der Waals surface area contributed by atoms with Crippen molar-refractivity contribution in [1.82, 2.24) is 9.78 Å². The van der Waals surface area contributed by atoms with Crippen LogP contribution in [0.5, 0.6) is 0 Å². The highest BCUT2D eigenvalue weighted by Gasteiger charge is 2.13. The number of aliphatic hydroxyl groups excluding tert-OH is 1. The summed E-state index contributed by atoms with van der Waals surface area (Å²) < 4.78 is 1.91. The average molecular weight is 258 g/mol. The van der Waals surface area contributed by atoms with Gasteiger partial charge in [0, 0.05) is 12.7 Å². The minimum Gasteiger partial charge on any atom is -0.388 e. The van der Waals surface area contributed by atoms with Crippen molar-refractivity contribution in [2.75, 3.05) is 0 Å². The molecule has 0 aliphatic carbocycles. The highest BCUT2D eigenvalue weighted by molar-refractivity contribution is 5.26. The Kier molecular flexibility index (Phi) is 4.05. The number of aromatic nitrogens is 2. The monoisotopic (exact) mass is 258 g/mol. The van der Waals surface area contributed by atoms with Gasteiger partial charge in [-0.2, -0.15) is 5.10 Å².